The van der Waals surface area contributed by atoms with Gasteiger partial charge < -0.3 is 13.9 Å². The molecule has 0 saturated heterocycles. The molecule has 13 rings (SSSR count). The smallest absolute Gasteiger partial charge is 0.143 e. The normalized spacial score (nSPS) is 11.6. The standard InChI is InChI=1S/C64H42N2O/c1-2-15-43(16-3-1)48-35-40-53(62(42-48)66-60-26-11-7-20-55(60)56-21-8-12-27-61(56)66)45-31-36-50(37-32-45)65(59-25-10-6-19-52(59)49-30-29-44-17-4-5-18-47(44)41-49)51-38-33-46(34-39-51)54-23-14-24-58-57-22-9-13-28-63(57)67-64(54)58/h1-42H. The zero-order chi connectivity index (χ0) is 44.3. The Morgan fingerprint density at radius 3 is 1.61 bits per heavy atom. The van der Waals surface area contributed by atoms with Crippen molar-refractivity contribution in [1.29, 1.82) is 0 Å². The van der Waals surface area contributed by atoms with Crippen LogP contribution < -0.4 is 4.90 Å². The molecule has 2 aromatic heterocycles. The Labute approximate surface area is 388 Å². The summed E-state index contributed by atoms with van der Waals surface area (Å²) in [6.45, 7) is 0. The summed E-state index contributed by atoms with van der Waals surface area (Å²) < 4.78 is 8.93. The predicted octanol–water partition coefficient (Wildman–Crippen LogP) is 18.0. The lowest BCUT2D eigenvalue weighted by Gasteiger charge is -2.28. The molecule has 0 saturated carbocycles. The summed E-state index contributed by atoms with van der Waals surface area (Å²) in [5.74, 6) is 0. The Kier molecular flexibility index (Phi) is 9.17. The lowest BCUT2D eigenvalue weighted by Crippen LogP contribution is -2.11. The molecule has 314 valence electrons. The highest BCUT2D eigenvalue weighted by Crippen LogP contribution is 2.45. The van der Waals surface area contributed by atoms with Crippen LogP contribution >= 0.6 is 0 Å². The van der Waals surface area contributed by atoms with Gasteiger partial charge in [-0.05, 0) is 99.3 Å². The van der Waals surface area contributed by atoms with E-state index in [-0.39, 0.29) is 0 Å². The highest BCUT2D eigenvalue weighted by molar-refractivity contribution is 6.11. The first-order chi connectivity index (χ1) is 33.2. The zero-order valence-electron chi connectivity index (χ0n) is 36.6. The van der Waals surface area contributed by atoms with Gasteiger partial charge in [0.15, 0.2) is 0 Å². The molecular formula is C64H42N2O. The molecule has 0 fully saturated rings. The highest BCUT2D eigenvalue weighted by atomic mass is 16.3. The van der Waals surface area contributed by atoms with Crippen LogP contribution in [0.1, 0.15) is 0 Å². The molecule has 67 heavy (non-hydrogen) atoms. The molecule has 0 N–H and O–H groups in total. The molecule has 0 unspecified atom stereocenters. The number of benzene rings is 11. The van der Waals surface area contributed by atoms with Gasteiger partial charge in [-0.25, -0.2) is 0 Å². The molecule has 3 nitrogen and oxygen atoms in total. The number of furan rings is 1. The van der Waals surface area contributed by atoms with Gasteiger partial charge in [0.05, 0.1) is 22.4 Å². The molecule has 0 aliphatic rings. The van der Waals surface area contributed by atoms with Crippen LogP contribution in [0, 0.1) is 0 Å². The van der Waals surface area contributed by atoms with Crippen molar-refractivity contribution in [3.63, 3.8) is 0 Å². The van der Waals surface area contributed by atoms with E-state index in [1.165, 1.54) is 49.3 Å². The molecule has 11 aromatic carbocycles. The Bertz CT molecular complexity index is 3920. The molecule has 0 aliphatic carbocycles. The topological polar surface area (TPSA) is 21.3 Å². The quantitative estimate of drug-likeness (QED) is 0.152. The van der Waals surface area contributed by atoms with Crippen LogP contribution in [0.15, 0.2) is 259 Å². The van der Waals surface area contributed by atoms with E-state index in [0.717, 1.165) is 72.5 Å². The second-order valence-electron chi connectivity index (χ2n) is 17.3. The third-order valence-corrected chi connectivity index (χ3v) is 13.4. The van der Waals surface area contributed by atoms with Crippen molar-refractivity contribution >= 4 is 71.6 Å². The summed E-state index contributed by atoms with van der Waals surface area (Å²) in [7, 11) is 0. The van der Waals surface area contributed by atoms with E-state index in [2.05, 4.69) is 252 Å². The first-order valence-electron chi connectivity index (χ1n) is 22.9. The summed E-state index contributed by atoms with van der Waals surface area (Å²) >= 11 is 0. The lowest BCUT2D eigenvalue weighted by molar-refractivity contribution is 0.670. The van der Waals surface area contributed by atoms with Crippen molar-refractivity contribution in [2.45, 2.75) is 0 Å². The predicted molar refractivity (Wildman–Crippen MR) is 282 cm³/mol. The second kappa shape index (κ2) is 16.0. The molecule has 2 heterocycles. The number of anilines is 3. The Morgan fingerprint density at radius 2 is 0.866 bits per heavy atom. The minimum Gasteiger partial charge on any atom is -0.455 e. The zero-order valence-corrected chi connectivity index (χ0v) is 36.6. The number of nitrogens with zero attached hydrogens (tertiary/aromatic N) is 2. The first kappa shape index (κ1) is 38.5. The first-order valence-corrected chi connectivity index (χ1v) is 22.9. The lowest BCUT2D eigenvalue weighted by atomic mass is 9.96. The average Bonchev–Trinajstić information content (AvgIpc) is 3.95. The highest BCUT2D eigenvalue weighted by Gasteiger charge is 2.21. The largest absolute Gasteiger partial charge is 0.455 e. The van der Waals surface area contributed by atoms with E-state index in [1.54, 1.807) is 0 Å². The van der Waals surface area contributed by atoms with Crippen LogP contribution in [0.2, 0.25) is 0 Å². The van der Waals surface area contributed by atoms with Gasteiger partial charge in [-0.1, -0.05) is 194 Å². The van der Waals surface area contributed by atoms with Gasteiger partial charge in [0, 0.05) is 49.6 Å². The summed E-state index contributed by atoms with van der Waals surface area (Å²) in [4.78, 5) is 2.40. The number of fused-ring (bicyclic) bond motifs is 7. The van der Waals surface area contributed by atoms with Gasteiger partial charge in [-0.15, -0.1) is 0 Å². The number of hydrogen-bond donors (Lipinski definition) is 0. The van der Waals surface area contributed by atoms with Gasteiger partial charge in [0.25, 0.3) is 0 Å². The third kappa shape index (κ3) is 6.59. The van der Waals surface area contributed by atoms with E-state index in [4.69, 9.17) is 4.42 Å². The Hall–Kier alpha value is -8.92. The van der Waals surface area contributed by atoms with Crippen molar-refractivity contribution in [3.8, 4) is 50.2 Å². The van der Waals surface area contributed by atoms with E-state index < -0.39 is 0 Å². The minimum atomic E-state index is 0.899. The fraction of sp³-hybridized carbons (Fsp3) is 0. The van der Waals surface area contributed by atoms with Crippen LogP contribution in [0.25, 0.3) is 105 Å². The molecule has 3 heteroatoms. The fourth-order valence-electron chi connectivity index (χ4n) is 10.2. The molecule has 0 spiro atoms. The molecule has 0 aliphatic heterocycles. The summed E-state index contributed by atoms with van der Waals surface area (Å²) in [5, 5.41) is 7.18. The monoisotopic (exact) mass is 854 g/mol. The van der Waals surface area contributed by atoms with Gasteiger partial charge in [-0.3, -0.25) is 0 Å². The Balaban J connectivity index is 0.967. The maximum atomic E-state index is 6.49. The minimum absolute atomic E-state index is 0.899. The van der Waals surface area contributed by atoms with Crippen molar-refractivity contribution < 1.29 is 4.42 Å². The SMILES string of the molecule is c1ccc(-c2ccc(-c3ccc(N(c4ccc(-c5cccc6c5oc5ccccc56)cc4)c4ccccc4-c4ccc5ccccc5c4)cc3)c(-n3c4ccccc4c4ccccc43)c2)cc1. The maximum Gasteiger partial charge on any atom is 0.143 e. The second-order valence-corrected chi connectivity index (χ2v) is 17.3. The van der Waals surface area contributed by atoms with Gasteiger partial charge in [0.1, 0.15) is 11.2 Å². The van der Waals surface area contributed by atoms with E-state index in [1.807, 2.05) is 12.1 Å². The average molecular weight is 855 g/mol. The van der Waals surface area contributed by atoms with Crippen molar-refractivity contribution in [2.24, 2.45) is 0 Å². The van der Waals surface area contributed by atoms with Crippen molar-refractivity contribution in [1.82, 2.24) is 4.57 Å². The summed E-state index contributed by atoms with van der Waals surface area (Å²) in [6.07, 6.45) is 0. The van der Waals surface area contributed by atoms with E-state index >= 15 is 0 Å². The number of hydrogen-bond acceptors (Lipinski definition) is 2. The summed E-state index contributed by atoms with van der Waals surface area (Å²) in [5.41, 5.74) is 17.7. The molecule has 0 amide bonds. The molecule has 0 atom stereocenters. The van der Waals surface area contributed by atoms with Crippen LogP contribution in [0.3, 0.4) is 0 Å². The van der Waals surface area contributed by atoms with Gasteiger partial charge in [-0.2, -0.15) is 0 Å². The van der Waals surface area contributed by atoms with Crippen molar-refractivity contribution in [3.05, 3.63) is 255 Å². The third-order valence-electron chi connectivity index (χ3n) is 13.4. The van der Waals surface area contributed by atoms with E-state index in [9.17, 15) is 0 Å². The van der Waals surface area contributed by atoms with Crippen molar-refractivity contribution in [2.75, 3.05) is 4.90 Å². The Morgan fingerprint density at radius 1 is 0.313 bits per heavy atom. The van der Waals surface area contributed by atoms with Crippen LogP contribution in [-0.2, 0) is 0 Å². The number of para-hydroxylation sites is 5. The van der Waals surface area contributed by atoms with E-state index in [0.29, 0.717) is 0 Å². The van der Waals surface area contributed by atoms with Gasteiger partial charge >= 0.3 is 0 Å². The van der Waals surface area contributed by atoms with Crippen LogP contribution in [0.4, 0.5) is 17.1 Å². The maximum absolute atomic E-state index is 6.49. The molecule has 0 radical (unpaired) electrons. The molecule has 0 bridgehead atoms. The molecular weight excluding hydrogens is 813 g/mol. The number of rotatable bonds is 8. The van der Waals surface area contributed by atoms with Crippen LogP contribution in [0.5, 0.6) is 0 Å². The number of aromatic nitrogens is 1. The van der Waals surface area contributed by atoms with Crippen LogP contribution in [-0.4, -0.2) is 4.57 Å². The van der Waals surface area contributed by atoms with Gasteiger partial charge in [0.2, 0.25) is 0 Å². The summed E-state index contributed by atoms with van der Waals surface area (Å²) in [6, 6.07) is 92.0. The molecule has 13 aromatic rings. The fourth-order valence-corrected chi connectivity index (χ4v) is 10.2.